The number of hydrogen-bond donors (Lipinski definition) is 1. The second-order valence-electron chi connectivity index (χ2n) is 2.59. The molecule has 1 unspecified atom stereocenters. The van der Waals surface area contributed by atoms with Crippen LogP contribution in [0.15, 0.2) is 18.2 Å². The Balaban J connectivity index is 2.86. The van der Waals surface area contributed by atoms with E-state index >= 15 is 0 Å². The van der Waals surface area contributed by atoms with Crippen LogP contribution in [-0.4, -0.2) is 4.89 Å². The molecule has 0 spiro atoms. The van der Waals surface area contributed by atoms with E-state index in [9.17, 15) is 4.20 Å². The first-order valence-electron chi connectivity index (χ1n) is 3.49. The summed E-state index contributed by atoms with van der Waals surface area (Å²) in [5, 5.41) is 0. The zero-order valence-electron chi connectivity index (χ0n) is 6.91. The highest BCUT2D eigenvalue weighted by molar-refractivity contribution is 7.40. The summed E-state index contributed by atoms with van der Waals surface area (Å²) in [6.45, 7) is 3.75. The van der Waals surface area contributed by atoms with E-state index in [-0.39, 0.29) is 0 Å². The largest absolute Gasteiger partial charge is 0.436 e. The molecule has 0 aliphatic heterocycles. The van der Waals surface area contributed by atoms with Gasteiger partial charge in [0.1, 0.15) is 5.75 Å². The highest BCUT2D eigenvalue weighted by Gasteiger charge is 2.06. The molecule has 0 radical (unpaired) electrons. The van der Waals surface area contributed by atoms with E-state index in [4.69, 9.17) is 4.89 Å². The van der Waals surface area contributed by atoms with Crippen LogP contribution in [-0.2, 0) is 0 Å². The van der Waals surface area contributed by atoms with Crippen LogP contribution in [0.25, 0.3) is 0 Å². The lowest BCUT2D eigenvalue weighted by atomic mass is 10.1. The van der Waals surface area contributed by atoms with Gasteiger partial charge >= 0.3 is 8.69 Å². The lowest BCUT2D eigenvalue weighted by molar-refractivity contribution is 0.432. The molecule has 1 rings (SSSR count). The molecular weight excluding hydrogens is 178 g/mol. The van der Waals surface area contributed by atoms with Crippen LogP contribution in [0.5, 0.6) is 5.75 Å². The standard InChI is InChI=1S/C8H10FO2P/c1-6-3-4-8(7(2)5-6)11-12(9)10/h3-5,10H,1-2H3. The van der Waals surface area contributed by atoms with Crippen LogP contribution in [0, 0.1) is 13.8 Å². The van der Waals surface area contributed by atoms with Crippen LogP contribution >= 0.6 is 8.69 Å². The number of rotatable bonds is 2. The van der Waals surface area contributed by atoms with Gasteiger partial charge in [-0.1, -0.05) is 17.7 Å². The van der Waals surface area contributed by atoms with E-state index < -0.39 is 8.69 Å². The molecule has 0 amide bonds. The molecule has 1 atom stereocenters. The van der Waals surface area contributed by atoms with Gasteiger partial charge in [0.25, 0.3) is 0 Å². The monoisotopic (exact) mass is 188 g/mol. The molecule has 0 aromatic heterocycles. The maximum Gasteiger partial charge on any atom is 0.436 e. The number of aryl methyl sites for hydroxylation is 2. The summed E-state index contributed by atoms with van der Waals surface area (Å²) in [6, 6.07) is 5.32. The van der Waals surface area contributed by atoms with E-state index in [1.54, 1.807) is 19.1 Å². The van der Waals surface area contributed by atoms with E-state index in [1.165, 1.54) is 0 Å². The maximum atomic E-state index is 12.1. The molecule has 0 aliphatic rings. The minimum atomic E-state index is -2.80. The van der Waals surface area contributed by atoms with Crippen molar-refractivity contribution in [2.24, 2.45) is 0 Å². The van der Waals surface area contributed by atoms with Crippen molar-refractivity contribution < 1.29 is 13.6 Å². The summed E-state index contributed by atoms with van der Waals surface area (Å²) >= 11 is 0. The summed E-state index contributed by atoms with van der Waals surface area (Å²) in [6.07, 6.45) is 0. The summed E-state index contributed by atoms with van der Waals surface area (Å²) in [4.78, 5) is 8.38. The third-order valence-corrected chi connectivity index (χ3v) is 1.85. The van der Waals surface area contributed by atoms with Crippen molar-refractivity contribution in [3.63, 3.8) is 0 Å². The minimum absolute atomic E-state index is 0.400. The Morgan fingerprint density at radius 2 is 2.08 bits per heavy atom. The third-order valence-electron chi connectivity index (χ3n) is 1.50. The molecule has 0 heterocycles. The number of benzene rings is 1. The van der Waals surface area contributed by atoms with E-state index in [1.807, 2.05) is 13.0 Å². The molecule has 1 aromatic carbocycles. The second kappa shape index (κ2) is 3.83. The Morgan fingerprint density at radius 1 is 1.42 bits per heavy atom. The van der Waals surface area contributed by atoms with Crippen molar-refractivity contribution in [3.05, 3.63) is 29.3 Å². The molecule has 1 N–H and O–H groups in total. The van der Waals surface area contributed by atoms with Crippen LogP contribution in [0.2, 0.25) is 0 Å². The van der Waals surface area contributed by atoms with Gasteiger partial charge in [0.05, 0.1) is 0 Å². The van der Waals surface area contributed by atoms with Gasteiger partial charge in [0.2, 0.25) is 0 Å². The molecule has 0 saturated carbocycles. The lowest BCUT2D eigenvalue weighted by Crippen LogP contribution is -1.86. The summed E-state index contributed by atoms with van der Waals surface area (Å²) in [5.74, 6) is 0.400. The van der Waals surface area contributed by atoms with Crippen LogP contribution in [0.3, 0.4) is 0 Å². The first-order chi connectivity index (χ1) is 5.59. The zero-order chi connectivity index (χ0) is 9.14. The molecular formula is C8H10FO2P. The first kappa shape index (κ1) is 9.43. The Kier molecular flexibility index (Phi) is 3.01. The van der Waals surface area contributed by atoms with Gasteiger partial charge < -0.3 is 9.42 Å². The lowest BCUT2D eigenvalue weighted by Gasteiger charge is -2.07. The average molecular weight is 188 g/mol. The van der Waals surface area contributed by atoms with E-state index in [0.29, 0.717) is 5.75 Å². The van der Waals surface area contributed by atoms with Crippen LogP contribution in [0.4, 0.5) is 4.20 Å². The fourth-order valence-electron chi connectivity index (χ4n) is 0.983. The van der Waals surface area contributed by atoms with Gasteiger partial charge in [0.15, 0.2) is 0 Å². The van der Waals surface area contributed by atoms with Crippen molar-refractivity contribution in [1.29, 1.82) is 0 Å². The molecule has 1 aromatic rings. The maximum absolute atomic E-state index is 12.1. The van der Waals surface area contributed by atoms with Crippen molar-refractivity contribution in [3.8, 4) is 5.75 Å². The Bertz CT molecular complexity index is 276. The molecule has 66 valence electrons. The number of halogens is 1. The Hall–Kier alpha value is -0.660. The predicted molar refractivity (Wildman–Crippen MR) is 46.8 cm³/mol. The summed E-state index contributed by atoms with van der Waals surface area (Å²) < 4.78 is 16.6. The van der Waals surface area contributed by atoms with Crippen molar-refractivity contribution in [2.45, 2.75) is 13.8 Å². The van der Waals surface area contributed by atoms with Gasteiger partial charge in [-0.15, -0.1) is 4.20 Å². The minimum Gasteiger partial charge on any atom is -0.424 e. The molecule has 2 nitrogen and oxygen atoms in total. The molecule has 0 saturated heterocycles. The van der Waals surface area contributed by atoms with Crippen molar-refractivity contribution >= 4 is 8.69 Å². The van der Waals surface area contributed by atoms with E-state index in [0.717, 1.165) is 11.1 Å². The second-order valence-corrected chi connectivity index (χ2v) is 3.22. The fourth-order valence-corrected chi connectivity index (χ4v) is 1.35. The average Bonchev–Trinajstić information content (AvgIpc) is 1.94. The van der Waals surface area contributed by atoms with Crippen molar-refractivity contribution in [1.82, 2.24) is 0 Å². The molecule has 0 fully saturated rings. The highest BCUT2D eigenvalue weighted by atomic mass is 31.2. The third kappa shape index (κ3) is 2.43. The van der Waals surface area contributed by atoms with Gasteiger partial charge in [-0.05, 0) is 25.5 Å². The topological polar surface area (TPSA) is 29.5 Å². The van der Waals surface area contributed by atoms with Crippen LogP contribution < -0.4 is 4.52 Å². The van der Waals surface area contributed by atoms with E-state index in [2.05, 4.69) is 4.52 Å². The quantitative estimate of drug-likeness (QED) is 0.723. The van der Waals surface area contributed by atoms with Crippen molar-refractivity contribution in [2.75, 3.05) is 0 Å². The highest BCUT2D eigenvalue weighted by Crippen LogP contribution is 2.36. The smallest absolute Gasteiger partial charge is 0.424 e. The zero-order valence-corrected chi connectivity index (χ0v) is 7.81. The fraction of sp³-hybridized carbons (Fsp3) is 0.250. The Morgan fingerprint density at radius 3 is 2.58 bits per heavy atom. The van der Waals surface area contributed by atoms with Gasteiger partial charge in [-0.3, -0.25) is 0 Å². The summed E-state index contributed by atoms with van der Waals surface area (Å²) in [7, 11) is -2.80. The predicted octanol–water partition coefficient (Wildman–Crippen LogP) is 2.87. The first-order valence-corrected chi connectivity index (χ1v) is 4.60. The summed E-state index contributed by atoms with van der Waals surface area (Å²) in [5.41, 5.74) is 1.91. The van der Waals surface area contributed by atoms with Gasteiger partial charge in [-0.25, -0.2) is 0 Å². The van der Waals surface area contributed by atoms with Gasteiger partial charge in [-0.2, -0.15) is 0 Å². The van der Waals surface area contributed by atoms with Gasteiger partial charge in [0, 0.05) is 0 Å². The molecule has 4 heteroatoms. The normalized spacial score (nSPS) is 12.7. The molecule has 0 bridgehead atoms. The molecule has 0 aliphatic carbocycles. The Labute approximate surface area is 72.0 Å². The van der Waals surface area contributed by atoms with Crippen LogP contribution in [0.1, 0.15) is 11.1 Å². The molecule has 12 heavy (non-hydrogen) atoms. The SMILES string of the molecule is Cc1ccc(OP(O)F)c(C)c1. The number of hydrogen-bond acceptors (Lipinski definition) is 2.